The van der Waals surface area contributed by atoms with Crippen molar-refractivity contribution in [2.45, 2.75) is 40.2 Å². The topological polar surface area (TPSA) is 62.6 Å². The number of hydrogen-bond acceptors (Lipinski definition) is 4. The molecule has 3 aromatic rings. The number of aryl methyl sites for hydroxylation is 2. The number of amides is 1. The zero-order valence-electron chi connectivity index (χ0n) is 17.6. The fourth-order valence-electron chi connectivity index (χ4n) is 3.57. The molecule has 0 radical (unpaired) electrons. The maximum absolute atomic E-state index is 12.7. The van der Waals surface area contributed by atoms with Crippen LogP contribution >= 0.6 is 11.6 Å². The van der Waals surface area contributed by atoms with Gasteiger partial charge in [0.25, 0.3) is 0 Å². The Bertz CT molecular complexity index is 1110. The van der Waals surface area contributed by atoms with Gasteiger partial charge in [0.2, 0.25) is 5.91 Å². The minimum Gasteiger partial charge on any atom is -0.423 e. The van der Waals surface area contributed by atoms with E-state index in [0.29, 0.717) is 17.2 Å². The molecular weight excluding hydrogens is 400 g/mol. The molecule has 1 N–H and O–H groups in total. The quantitative estimate of drug-likeness (QED) is 0.505. The Morgan fingerprint density at radius 2 is 1.90 bits per heavy atom. The second-order valence-corrected chi connectivity index (χ2v) is 7.86. The zero-order valence-corrected chi connectivity index (χ0v) is 18.4. The number of rotatable bonds is 8. The number of hydrogen-bond donors (Lipinski definition) is 1. The average Bonchev–Trinajstić information content (AvgIpc) is 2.70. The van der Waals surface area contributed by atoms with Crippen LogP contribution < -0.4 is 10.9 Å². The third-order valence-corrected chi connectivity index (χ3v) is 5.45. The average molecular weight is 427 g/mol. The summed E-state index contributed by atoms with van der Waals surface area (Å²) in [5, 5.41) is 4.43. The van der Waals surface area contributed by atoms with E-state index in [1.54, 1.807) is 0 Å². The van der Waals surface area contributed by atoms with Gasteiger partial charge in [-0.3, -0.25) is 9.69 Å². The third-order valence-electron chi connectivity index (χ3n) is 5.10. The summed E-state index contributed by atoms with van der Waals surface area (Å²) in [6.45, 7) is 7.44. The molecule has 1 amide bonds. The lowest BCUT2D eigenvalue weighted by molar-refractivity contribution is -0.117. The Morgan fingerprint density at radius 3 is 2.60 bits per heavy atom. The lowest BCUT2D eigenvalue weighted by Gasteiger charge is -2.22. The molecule has 0 spiro atoms. The van der Waals surface area contributed by atoms with Gasteiger partial charge in [-0.15, -0.1) is 0 Å². The standard InChI is InChI=1S/C24H27ClN2O3/c1-4-10-27(15-23(28)26-21-9-7-6-8-16(21)3)14-18-12-24(29)30-22-11-17(5-2)20(25)13-19(18)22/h6-9,11-13H,4-5,10,14-15H2,1-3H3,(H,26,28). The Morgan fingerprint density at radius 1 is 1.13 bits per heavy atom. The molecule has 30 heavy (non-hydrogen) atoms. The molecule has 1 aromatic heterocycles. The Kier molecular flexibility index (Phi) is 7.29. The second kappa shape index (κ2) is 9.92. The van der Waals surface area contributed by atoms with Crippen LogP contribution in [0.5, 0.6) is 0 Å². The molecule has 0 bridgehead atoms. The van der Waals surface area contributed by atoms with Gasteiger partial charge in [-0.2, -0.15) is 0 Å². The Hall–Kier alpha value is -2.63. The maximum Gasteiger partial charge on any atom is 0.336 e. The number of carbonyl (C=O) groups excluding carboxylic acids is 1. The summed E-state index contributed by atoms with van der Waals surface area (Å²) in [5.41, 5.74) is 3.70. The SMILES string of the molecule is CCCN(CC(=O)Nc1ccccc1C)Cc1cc(=O)oc2cc(CC)c(Cl)cc12. The van der Waals surface area contributed by atoms with Gasteiger partial charge in [0.1, 0.15) is 5.58 Å². The first-order valence-corrected chi connectivity index (χ1v) is 10.6. The van der Waals surface area contributed by atoms with Crippen LogP contribution in [0, 0.1) is 6.92 Å². The molecule has 3 rings (SSSR count). The zero-order chi connectivity index (χ0) is 21.7. The number of fused-ring (bicyclic) bond motifs is 1. The van der Waals surface area contributed by atoms with E-state index in [-0.39, 0.29) is 12.5 Å². The number of nitrogens with one attached hydrogen (secondary N) is 1. The van der Waals surface area contributed by atoms with E-state index in [9.17, 15) is 9.59 Å². The van der Waals surface area contributed by atoms with E-state index in [1.807, 2.05) is 55.1 Å². The summed E-state index contributed by atoms with van der Waals surface area (Å²) < 4.78 is 5.40. The summed E-state index contributed by atoms with van der Waals surface area (Å²) in [5.74, 6) is -0.0867. The maximum atomic E-state index is 12.7. The van der Waals surface area contributed by atoms with Crippen LogP contribution in [-0.2, 0) is 17.8 Å². The molecule has 2 aromatic carbocycles. The Balaban J connectivity index is 1.85. The molecule has 5 nitrogen and oxygen atoms in total. The molecule has 0 fully saturated rings. The number of para-hydroxylation sites is 1. The van der Waals surface area contributed by atoms with Crippen LogP contribution in [0.25, 0.3) is 11.0 Å². The van der Waals surface area contributed by atoms with Crippen LogP contribution in [0.2, 0.25) is 5.02 Å². The van der Waals surface area contributed by atoms with Gasteiger partial charge in [0, 0.05) is 28.7 Å². The fraction of sp³-hybridized carbons (Fsp3) is 0.333. The summed E-state index contributed by atoms with van der Waals surface area (Å²) in [6, 6.07) is 12.9. The van der Waals surface area contributed by atoms with Crippen molar-refractivity contribution in [2.75, 3.05) is 18.4 Å². The van der Waals surface area contributed by atoms with Gasteiger partial charge in [-0.1, -0.05) is 43.6 Å². The number of carbonyl (C=O) groups is 1. The lowest BCUT2D eigenvalue weighted by Crippen LogP contribution is -2.33. The van der Waals surface area contributed by atoms with Gasteiger partial charge >= 0.3 is 5.63 Å². The van der Waals surface area contributed by atoms with Gasteiger partial charge in [0.15, 0.2) is 0 Å². The fourth-order valence-corrected chi connectivity index (χ4v) is 3.86. The van der Waals surface area contributed by atoms with E-state index in [0.717, 1.165) is 47.2 Å². The number of nitrogens with zero attached hydrogens (tertiary/aromatic N) is 1. The highest BCUT2D eigenvalue weighted by molar-refractivity contribution is 6.32. The van der Waals surface area contributed by atoms with Crippen molar-refractivity contribution in [3.63, 3.8) is 0 Å². The molecular formula is C24H27ClN2O3. The van der Waals surface area contributed by atoms with E-state index in [2.05, 4.69) is 12.2 Å². The van der Waals surface area contributed by atoms with Crippen LogP contribution in [0.15, 0.2) is 51.7 Å². The van der Waals surface area contributed by atoms with Crippen molar-refractivity contribution in [3.05, 3.63) is 74.6 Å². The van der Waals surface area contributed by atoms with E-state index >= 15 is 0 Å². The van der Waals surface area contributed by atoms with Gasteiger partial charge < -0.3 is 9.73 Å². The smallest absolute Gasteiger partial charge is 0.336 e. The highest BCUT2D eigenvalue weighted by Gasteiger charge is 2.16. The molecule has 6 heteroatoms. The van der Waals surface area contributed by atoms with Gasteiger partial charge in [0.05, 0.1) is 6.54 Å². The van der Waals surface area contributed by atoms with E-state index < -0.39 is 5.63 Å². The minimum absolute atomic E-state index is 0.0867. The summed E-state index contributed by atoms with van der Waals surface area (Å²) in [4.78, 5) is 26.8. The van der Waals surface area contributed by atoms with Crippen molar-refractivity contribution in [3.8, 4) is 0 Å². The third kappa shape index (κ3) is 5.29. The highest BCUT2D eigenvalue weighted by atomic mass is 35.5. The molecule has 0 unspecified atom stereocenters. The molecule has 158 valence electrons. The molecule has 0 saturated heterocycles. The summed E-state index contributed by atoms with van der Waals surface area (Å²) in [7, 11) is 0. The van der Waals surface area contributed by atoms with Crippen LogP contribution in [0.3, 0.4) is 0 Å². The largest absolute Gasteiger partial charge is 0.423 e. The van der Waals surface area contributed by atoms with E-state index in [1.165, 1.54) is 6.07 Å². The molecule has 1 heterocycles. The predicted octanol–water partition coefficient (Wildman–Crippen LogP) is 5.17. The first kappa shape index (κ1) is 22.1. The van der Waals surface area contributed by atoms with Crippen LogP contribution in [-0.4, -0.2) is 23.9 Å². The van der Waals surface area contributed by atoms with Crippen molar-refractivity contribution >= 4 is 34.2 Å². The number of anilines is 1. The van der Waals surface area contributed by atoms with Crippen molar-refractivity contribution in [1.29, 1.82) is 0 Å². The number of benzene rings is 2. The lowest BCUT2D eigenvalue weighted by atomic mass is 10.1. The van der Waals surface area contributed by atoms with Gasteiger partial charge in [-0.25, -0.2) is 4.79 Å². The van der Waals surface area contributed by atoms with Crippen LogP contribution in [0.4, 0.5) is 5.69 Å². The first-order valence-electron chi connectivity index (χ1n) is 10.2. The first-order chi connectivity index (χ1) is 14.4. The minimum atomic E-state index is -0.400. The molecule has 0 atom stereocenters. The predicted molar refractivity (Wildman–Crippen MR) is 122 cm³/mol. The highest BCUT2D eigenvalue weighted by Crippen LogP contribution is 2.27. The summed E-state index contributed by atoms with van der Waals surface area (Å²) in [6.07, 6.45) is 1.64. The van der Waals surface area contributed by atoms with Crippen molar-refractivity contribution in [1.82, 2.24) is 4.90 Å². The molecule has 0 aliphatic carbocycles. The Labute approximate surface area is 181 Å². The molecule has 0 aliphatic rings. The second-order valence-electron chi connectivity index (χ2n) is 7.46. The molecule has 0 aliphatic heterocycles. The van der Waals surface area contributed by atoms with Crippen molar-refractivity contribution in [2.24, 2.45) is 0 Å². The normalized spacial score (nSPS) is 11.2. The van der Waals surface area contributed by atoms with Crippen molar-refractivity contribution < 1.29 is 9.21 Å². The van der Waals surface area contributed by atoms with Gasteiger partial charge in [-0.05, 0) is 61.2 Å². The number of halogens is 1. The monoisotopic (exact) mass is 426 g/mol. The van der Waals surface area contributed by atoms with Crippen LogP contribution in [0.1, 0.15) is 37.0 Å². The van der Waals surface area contributed by atoms with E-state index in [4.69, 9.17) is 16.0 Å². The molecule has 0 saturated carbocycles. The summed E-state index contributed by atoms with van der Waals surface area (Å²) >= 11 is 6.40.